The summed E-state index contributed by atoms with van der Waals surface area (Å²) >= 11 is 0. The Morgan fingerprint density at radius 2 is 2.04 bits per heavy atom. The number of nitrogens with zero attached hydrogens (tertiary/aromatic N) is 6. The molecule has 4 heterocycles. The fourth-order valence-electron chi connectivity index (χ4n) is 3.67. The average molecular weight is 385 g/mol. The van der Waals surface area contributed by atoms with Crippen LogP contribution >= 0.6 is 0 Å². The lowest BCUT2D eigenvalue weighted by Gasteiger charge is -2.32. The molecule has 1 saturated heterocycles. The number of carbonyl (C=O) groups is 1. The summed E-state index contributed by atoms with van der Waals surface area (Å²) in [7, 11) is 0. The Labute approximate surface area is 163 Å². The van der Waals surface area contributed by atoms with Crippen LogP contribution in [0.3, 0.4) is 0 Å². The molecule has 0 saturated carbocycles. The summed E-state index contributed by atoms with van der Waals surface area (Å²) in [6.45, 7) is 4.81. The number of pyridine rings is 1. The van der Waals surface area contributed by atoms with Gasteiger partial charge in [0.15, 0.2) is 0 Å². The van der Waals surface area contributed by atoms with Crippen LogP contribution in [0.25, 0.3) is 11.3 Å². The highest BCUT2D eigenvalue weighted by molar-refractivity contribution is 5.76. The van der Waals surface area contributed by atoms with Gasteiger partial charge in [-0.05, 0) is 43.9 Å². The van der Waals surface area contributed by atoms with Crippen molar-refractivity contribution in [2.24, 2.45) is 0 Å². The molecule has 0 radical (unpaired) electrons. The highest BCUT2D eigenvalue weighted by atomic mass is 19.1. The molecule has 0 unspecified atom stereocenters. The van der Waals surface area contributed by atoms with E-state index in [9.17, 15) is 9.18 Å². The molecule has 0 aromatic carbocycles. The maximum absolute atomic E-state index is 14.0. The number of rotatable bonds is 3. The standard InChI is InChI=1S/C19H24FN7O/c1-14-17(22-24-27(14)16-6-5-9-21-18(16)20)15-7-12-25(13-8-15)19(28)23-26-10-3-2-4-11-26/h5-7,9H,2-4,8,10-13H2,1H3,(H,23,28). The van der Waals surface area contributed by atoms with E-state index >= 15 is 0 Å². The molecule has 2 aromatic heterocycles. The zero-order chi connectivity index (χ0) is 19.5. The lowest BCUT2D eigenvalue weighted by Crippen LogP contribution is -2.51. The molecule has 0 aliphatic carbocycles. The van der Waals surface area contributed by atoms with Gasteiger partial charge in [-0.1, -0.05) is 17.7 Å². The number of hydrogen-bond acceptors (Lipinski definition) is 5. The van der Waals surface area contributed by atoms with Gasteiger partial charge in [0.2, 0.25) is 5.95 Å². The summed E-state index contributed by atoms with van der Waals surface area (Å²) in [6, 6.07) is 3.23. The zero-order valence-electron chi connectivity index (χ0n) is 15.9. The Morgan fingerprint density at radius 1 is 1.21 bits per heavy atom. The van der Waals surface area contributed by atoms with Crippen LogP contribution in [0.2, 0.25) is 0 Å². The molecule has 9 heteroatoms. The Balaban J connectivity index is 1.44. The number of aromatic nitrogens is 4. The minimum atomic E-state index is -0.583. The number of hydrogen-bond donors (Lipinski definition) is 1. The van der Waals surface area contributed by atoms with Crippen molar-refractivity contribution in [2.75, 3.05) is 26.2 Å². The number of hydrazine groups is 1. The van der Waals surface area contributed by atoms with Gasteiger partial charge in [0.25, 0.3) is 0 Å². The molecule has 2 aromatic rings. The van der Waals surface area contributed by atoms with E-state index in [4.69, 9.17) is 0 Å². The topological polar surface area (TPSA) is 79.2 Å². The summed E-state index contributed by atoms with van der Waals surface area (Å²) in [5, 5.41) is 10.3. The predicted octanol–water partition coefficient (Wildman–Crippen LogP) is 2.31. The van der Waals surface area contributed by atoms with Crippen LogP contribution in [0.4, 0.5) is 9.18 Å². The van der Waals surface area contributed by atoms with Crippen LogP contribution in [-0.4, -0.2) is 62.1 Å². The van der Waals surface area contributed by atoms with Gasteiger partial charge in [-0.2, -0.15) is 4.39 Å². The molecule has 1 fully saturated rings. The minimum Gasteiger partial charge on any atom is -0.320 e. The van der Waals surface area contributed by atoms with Crippen molar-refractivity contribution < 1.29 is 9.18 Å². The zero-order valence-corrected chi connectivity index (χ0v) is 15.9. The van der Waals surface area contributed by atoms with Gasteiger partial charge in [0.05, 0.1) is 5.69 Å². The van der Waals surface area contributed by atoms with Crippen molar-refractivity contribution in [2.45, 2.75) is 32.6 Å². The van der Waals surface area contributed by atoms with Gasteiger partial charge in [-0.25, -0.2) is 19.5 Å². The third-order valence-electron chi connectivity index (χ3n) is 5.27. The minimum absolute atomic E-state index is 0.0602. The lowest BCUT2D eigenvalue weighted by molar-refractivity contribution is 0.132. The molecular formula is C19H24FN7O. The van der Waals surface area contributed by atoms with Crippen LogP contribution in [0.15, 0.2) is 24.4 Å². The van der Waals surface area contributed by atoms with Crippen molar-refractivity contribution >= 4 is 11.6 Å². The maximum atomic E-state index is 14.0. The first-order chi connectivity index (χ1) is 13.6. The molecule has 2 amide bonds. The van der Waals surface area contributed by atoms with Crippen molar-refractivity contribution in [3.63, 3.8) is 0 Å². The number of carbonyl (C=O) groups excluding carboxylic acids is 1. The summed E-state index contributed by atoms with van der Waals surface area (Å²) < 4.78 is 15.4. The van der Waals surface area contributed by atoms with Crippen LogP contribution in [0, 0.1) is 12.9 Å². The highest BCUT2D eigenvalue weighted by Crippen LogP contribution is 2.25. The summed E-state index contributed by atoms with van der Waals surface area (Å²) in [5.41, 5.74) is 5.79. The first-order valence-electron chi connectivity index (χ1n) is 9.66. The van der Waals surface area contributed by atoms with E-state index in [1.54, 1.807) is 17.0 Å². The van der Waals surface area contributed by atoms with Crippen LogP contribution < -0.4 is 5.43 Å². The van der Waals surface area contributed by atoms with E-state index in [1.165, 1.54) is 17.3 Å². The second-order valence-electron chi connectivity index (χ2n) is 7.14. The van der Waals surface area contributed by atoms with Crippen LogP contribution in [-0.2, 0) is 0 Å². The Bertz CT molecular complexity index is 888. The second-order valence-corrected chi connectivity index (χ2v) is 7.14. The molecule has 0 bridgehead atoms. The van der Waals surface area contributed by atoms with E-state index in [2.05, 4.69) is 20.7 Å². The Hall–Kier alpha value is -2.81. The normalized spacial score (nSPS) is 18.1. The summed E-state index contributed by atoms with van der Waals surface area (Å²) in [6.07, 6.45) is 7.56. The van der Waals surface area contributed by atoms with Gasteiger partial charge in [-0.3, -0.25) is 5.43 Å². The smallest absolute Gasteiger partial charge is 0.320 e. The predicted molar refractivity (Wildman–Crippen MR) is 102 cm³/mol. The molecule has 0 spiro atoms. The fourth-order valence-corrected chi connectivity index (χ4v) is 3.67. The largest absolute Gasteiger partial charge is 0.332 e. The van der Waals surface area contributed by atoms with E-state index in [1.807, 2.05) is 18.0 Å². The first-order valence-corrected chi connectivity index (χ1v) is 9.66. The molecule has 8 nitrogen and oxygen atoms in total. The van der Waals surface area contributed by atoms with Crippen molar-refractivity contribution in [3.8, 4) is 5.69 Å². The number of nitrogens with one attached hydrogen (secondary N) is 1. The molecule has 2 aliphatic heterocycles. The summed E-state index contributed by atoms with van der Waals surface area (Å²) in [4.78, 5) is 17.9. The van der Waals surface area contributed by atoms with Crippen molar-refractivity contribution in [3.05, 3.63) is 41.7 Å². The fraction of sp³-hybridized carbons (Fsp3) is 0.474. The van der Waals surface area contributed by atoms with E-state index in [0.29, 0.717) is 19.5 Å². The molecular weight excluding hydrogens is 361 g/mol. The van der Waals surface area contributed by atoms with Gasteiger partial charge >= 0.3 is 6.03 Å². The van der Waals surface area contributed by atoms with Crippen molar-refractivity contribution in [1.29, 1.82) is 0 Å². The van der Waals surface area contributed by atoms with Crippen molar-refractivity contribution in [1.82, 2.24) is 35.3 Å². The van der Waals surface area contributed by atoms with Crippen LogP contribution in [0.1, 0.15) is 37.1 Å². The Kier molecular flexibility index (Phi) is 5.34. The van der Waals surface area contributed by atoms with E-state index in [-0.39, 0.29) is 11.7 Å². The third-order valence-corrected chi connectivity index (χ3v) is 5.27. The molecule has 4 rings (SSSR count). The number of urea groups is 1. The SMILES string of the molecule is Cc1c(C2=CCN(C(=O)NN3CCCCC3)CC2)nnn1-c1cccnc1F. The Morgan fingerprint density at radius 3 is 2.75 bits per heavy atom. The molecule has 148 valence electrons. The maximum Gasteiger partial charge on any atom is 0.332 e. The molecule has 2 aliphatic rings. The number of amides is 2. The van der Waals surface area contributed by atoms with E-state index < -0.39 is 5.95 Å². The van der Waals surface area contributed by atoms with Gasteiger partial charge in [0, 0.05) is 32.4 Å². The number of piperidine rings is 1. The second kappa shape index (κ2) is 8.05. The molecule has 0 atom stereocenters. The quantitative estimate of drug-likeness (QED) is 0.821. The van der Waals surface area contributed by atoms with Gasteiger partial charge in [0.1, 0.15) is 11.4 Å². The summed E-state index contributed by atoms with van der Waals surface area (Å²) in [5.74, 6) is -0.583. The number of halogens is 1. The first kappa shape index (κ1) is 18.5. The van der Waals surface area contributed by atoms with Gasteiger partial charge in [-0.15, -0.1) is 5.10 Å². The molecule has 1 N–H and O–H groups in total. The van der Waals surface area contributed by atoms with Gasteiger partial charge < -0.3 is 4.90 Å². The average Bonchev–Trinajstić information content (AvgIpc) is 3.10. The lowest BCUT2D eigenvalue weighted by atomic mass is 10.0. The van der Waals surface area contributed by atoms with Crippen LogP contribution in [0.5, 0.6) is 0 Å². The monoisotopic (exact) mass is 385 g/mol. The highest BCUT2D eigenvalue weighted by Gasteiger charge is 2.23. The third kappa shape index (κ3) is 3.75. The van der Waals surface area contributed by atoms with E-state index in [0.717, 1.165) is 42.9 Å². The molecule has 28 heavy (non-hydrogen) atoms.